The van der Waals surface area contributed by atoms with Crippen LogP contribution in [0.4, 0.5) is 5.69 Å². The number of hydrogen-bond acceptors (Lipinski definition) is 4. The van der Waals surface area contributed by atoms with Gasteiger partial charge in [-0.25, -0.2) is 4.98 Å². The molecule has 0 bridgehead atoms. The number of aliphatic imine (C=N–C) groups is 1. The lowest BCUT2D eigenvalue weighted by Crippen LogP contribution is -2.52. The van der Waals surface area contributed by atoms with Crippen molar-refractivity contribution in [2.24, 2.45) is 4.99 Å². The monoisotopic (exact) mass is 835 g/mol. The Morgan fingerprint density at radius 2 is 1.32 bits per heavy atom. The van der Waals surface area contributed by atoms with Crippen LogP contribution < -0.4 is 9.64 Å². The van der Waals surface area contributed by atoms with E-state index in [-0.39, 0.29) is 16.7 Å². The van der Waals surface area contributed by atoms with Gasteiger partial charge < -0.3 is 9.64 Å². The van der Waals surface area contributed by atoms with E-state index in [4.69, 9.17) is 14.7 Å². The lowest BCUT2D eigenvalue weighted by molar-refractivity contribution is 0.321. The smallest absolute Gasteiger partial charge is 0.137 e. The number of nitrogens with zero attached hydrogens (tertiary/aromatic N) is 4. The summed E-state index contributed by atoms with van der Waals surface area (Å²) < 4.78 is 9.38. The summed E-state index contributed by atoms with van der Waals surface area (Å²) in [6, 6.07) is 31.7. The van der Waals surface area contributed by atoms with Gasteiger partial charge in [-0.2, -0.15) is 0 Å². The van der Waals surface area contributed by atoms with Gasteiger partial charge in [0.1, 0.15) is 23.2 Å². The normalized spacial score (nSPS) is 18.7. The minimum atomic E-state index is -0.412. The van der Waals surface area contributed by atoms with E-state index >= 15 is 0 Å². The molecule has 0 spiro atoms. The van der Waals surface area contributed by atoms with Gasteiger partial charge in [0.25, 0.3) is 0 Å². The van der Waals surface area contributed by atoms with Gasteiger partial charge in [0.05, 0.1) is 22.1 Å². The highest BCUT2D eigenvalue weighted by molar-refractivity contribution is 6.15. The molecule has 1 aliphatic heterocycles. The van der Waals surface area contributed by atoms with Gasteiger partial charge in [0.15, 0.2) is 0 Å². The van der Waals surface area contributed by atoms with Crippen molar-refractivity contribution in [2.75, 3.05) is 4.90 Å². The van der Waals surface area contributed by atoms with Crippen molar-refractivity contribution in [1.29, 1.82) is 0 Å². The Kier molecular flexibility index (Phi) is 9.75. The van der Waals surface area contributed by atoms with E-state index < -0.39 is 11.1 Å². The van der Waals surface area contributed by atoms with Gasteiger partial charge in [-0.3, -0.25) is 9.56 Å². The number of aryl methyl sites for hydroxylation is 3. The minimum Gasteiger partial charge on any atom is -0.457 e. The molecule has 0 radical (unpaired) electrons. The third-order valence-electron chi connectivity index (χ3n) is 15.1. The summed E-state index contributed by atoms with van der Waals surface area (Å²) in [7, 11) is 0. The molecule has 0 N–H and O–H groups in total. The minimum absolute atomic E-state index is 0.0127. The Bertz CT molecular complexity index is 3030. The molecule has 1 aliphatic carbocycles. The Morgan fingerprint density at radius 3 is 1.98 bits per heavy atom. The van der Waals surface area contributed by atoms with Gasteiger partial charge in [-0.15, -0.1) is 0 Å². The summed E-state index contributed by atoms with van der Waals surface area (Å²) in [6.07, 6.45) is 2.84. The summed E-state index contributed by atoms with van der Waals surface area (Å²) >= 11 is 0. The van der Waals surface area contributed by atoms with Crippen molar-refractivity contribution >= 4 is 33.3 Å². The molecule has 0 fully saturated rings. The molecule has 5 heteroatoms. The molecule has 324 valence electrons. The van der Waals surface area contributed by atoms with Crippen LogP contribution in [-0.2, 0) is 22.8 Å². The average Bonchev–Trinajstić information content (AvgIpc) is 3.75. The Balaban J connectivity index is 1.22. The standard InChI is InChI=1S/C58H66N4O/c1-33(2)40-26-41(54-60-57(15)32-48-37(6)34(3)17-21-49(48)58(57,16)62(54)53-38(7)35(4)25-36(5)39(53)8)28-45(27-40)63-44-19-20-46-47-29-42(55(9,10)11)18-22-50(47)61(51(46)31-44)52-30-43(23-24-59-52)56(12,13)14/h17-31,33H,32H2,1-16H3/t57-,58+/m1/s1. The zero-order chi connectivity index (χ0) is 45.3. The zero-order valence-corrected chi connectivity index (χ0v) is 40.6. The first-order valence-corrected chi connectivity index (χ1v) is 23.0. The van der Waals surface area contributed by atoms with E-state index in [9.17, 15) is 0 Å². The second kappa shape index (κ2) is 14.4. The molecule has 0 amide bonds. The maximum atomic E-state index is 7.07. The number of fused-ring (bicyclic) bond motifs is 6. The number of amidine groups is 1. The van der Waals surface area contributed by atoms with Gasteiger partial charge in [0, 0.05) is 40.7 Å². The predicted molar refractivity (Wildman–Crippen MR) is 266 cm³/mol. The molecule has 0 saturated carbocycles. The van der Waals surface area contributed by atoms with Gasteiger partial charge in [0.2, 0.25) is 0 Å². The van der Waals surface area contributed by atoms with Crippen molar-refractivity contribution in [2.45, 2.75) is 145 Å². The quantitative estimate of drug-likeness (QED) is 0.168. The number of benzene rings is 5. The lowest BCUT2D eigenvalue weighted by atomic mass is 9.79. The van der Waals surface area contributed by atoms with Crippen LogP contribution in [0.1, 0.15) is 142 Å². The highest BCUT2D eigenvalue weighted by Crippen LogP contribution is 2.58. The largest absolute Gasteiger partial charge is 0.457 e. The van der Waals surface area contributed by atoms with Gasteiger partial charge >= 0.3 is 0 Å². The molecule has 5 aromatic carbocycles. The third-order valence-corrected chi connectivity index (χ3v) is 15.1. The summed E-state index contributed by atoms with van der Waals surface area (Å²) in [5.41, 5.74) is 18.2. The zero-order valence-electron chi connectivity index (χ0n) is 40.6. The number of anilines is 1. The first kappa shape index (κ1) is 42.6. The Labute approximate surface area is 376 Å². The fourth-order valence-electron chi connectivity index (χ4n) is 10.5. The fourth-order valence-corrected chi connectivity index (χ4v) is 10.5. The van der Waals surface area contributed by atoms with Crippen molar-refractivity contribution in [3.63, 3.8) is 0 Å². The summed E-state index contributed by atoms with van der Waals surface area (Å²) in [4.78, 5) is 13.5. The van der Waals surface area contributed by atoms with E-state index in [1.807, 2.05) is 6.20 Å². The van der Waals surface area contributed by atoms with Crippen LogP contribution in [0.15, 0.2) is 96.1 Å². The first-order valence-electron chi connectivity index (χ1n) is 23.0. The SMILES string of the molecule is Cc1ccc2c(c1C)C[C@@]1(C)N=C(c3cc(Oc4ccc5c6cc(C(C)(C)C)ccc6n(-c6cc(C(C)(C)C)ccn6)c5c4)cc(C(C)C)c3)N(c3c(C)c(C)cc(C)c3C)[C@@]21C. The lowest BCUT2D eigenvalue weighted by Gasteiger charge is -2.44. The number of pyridine rings is 1. The van der Waals surface area contributed by atoms with E-state index in [1.165, 1.54) is 77.7 Å². The third kappa shape index (κ3) is 6.63. The number of aromatic nitrogens is 2. The molecule has 9 rings (SSSR count). The molecule has 0 unspecified atom stereocenters. The molecule has 2 atom stereocenters. The van der Waals surface area contributed by atoms with Crippen LogP contribution >= 0.6 is 0 Å². The van der Waals surface area contributed by atoms with Crippen molar-refractivity contribution in [3.8, 4) is 17.3 Å². The molecular formula is C58H66N4O. The average molecular weight is 835 g/mol. The van der Waals surface area contributed by atoms with Gasteiger partial charge in [-0.05, 0) is 188 Å². The van der Waals surface area contributed by atoms with Crippen LogP contribution in [0, 0.1) is 41.5 Å². The van der Waals surface area contributed by atoms with E-state index in [0.29, 0.717) is 0 Å². The molecule has 2 aromatic heterocycles. The van der Waals surface area contributed by atoms with Crippen LogP contribution in [0.25, 0.3) is 27.6 Å². The van der Waals surface area contributed by atoms with Crippen LogP contribution in [0.3, 0.4) is 0 Å². The van der Waals surface area contributed by atoms with E-state index in [0.717, 1.165) is 46.2 Å². The van der Waals surface area contributed by atoms with Crippen LogP contribution in [0.5, 0.6) is 11.5 Å². The molecule has 2 aliphatic rings. The van der Waals surface area contributed by atoms with Crippen LogP contribution in [0.2, 0.25) is 0 Å². The molecule has 0 saturated heterocycles. The molecular weight excluding hydrogens is 769 g/mol. The number of hydrogen-bond donors (Lipinski definition) is 0. The second-order valence-corrected chi connectivity index (χ2v) is 21.6. The van der Waals surface area contributed by atoms with E-state index in [1.54, 1.807) is 0 Å². The highest BCUT2D eigenvalue weighted by Gasteiger charge is 2.62. The maximum Gasteiger partial charge on any atom is 0.137 e. The topological polar surface area (TPSA) is 42.6 Å². The summed E-state index contributed by atoms with van der Waals surface area (Å²) in [6.45, 7) is 36.6. The van der Waals surface area contributed by atoms with Crippen molar-refractivity contribution < 1.29 is 4.74 Å². The predicted octanol–water partition coefficient (Wildman–Crippen LogP) is 15.0. The van der Waals surface area contributed by atoms with Crippen molar-refractivity contribution in [3.05, 3.63) is 158 Å². The van der Waals surface area contributed by atoms with Crippen LogP contribution in [-0.4, -0.2) is 20.9 Å². The Hall–Kier alpha value is -5.68. The number of ether oxygens (including phenoxy) is 1. The summed E-state index contributed by atoms with van der Waals surface area (Å²) in [5.74, 6) is 3.76. The molecule has 5 nitrogen and oxygen atoms in total. The highest BCUT2D eigenvalue weighted by atomic mass is 16.5. The van der Waals surface area contributed by atoms with Crippen molar-refractivity contribution in [1.82, 2.24) is 9.55 Å². The second-order valence-electron chi connectivity index (χ2n) is 21.6. The molecule has 3 heterocycles. The number of rotatable bonds is 6. The maximum absolute atomic E-state index is 7.07. The first-order chi connectivity index (χ1) is 29.5. The summed E-state index contributed by atoms with van der Waals surface area (Å²) in [5, 5.41) is 2.39. The van der Waals surface area contributed by atoms with Gasteiger partial charge in [-0.1, -0.05) is 79.7 Å². The molecule has 7 aromatic rings. The Morgan fingerprint density at radius 1 is 0.635 bits per heavy atom. The van der Waals surface area contributed by atoms with E-state index in [2.05, 4.69) is 205 Å². The molecule has 63 heavy (non-hydrogen) atoms. The fraction of sp³-hybridized carbons (Fsp3) is 0.379.